The molecule has 1 amide bonds. The molecule has 0 aromatic heterocycles. The second-order valence-corrected chi connectivity index (χ2v) is 4.34. The molecule has 1 aromatic carbocycles. The molecule has 0 saturated heterocycles. The van der Waals surface area contributed by atoms with E-state index in [1.54, 1.807) is 0 Å². The summed E-state index contributed by atoms with van der Waals surface area (Å²) in [6.07, 6.45) is 0.928. The number of hydrogen-bond donors (Lipinski definition) is 3. The van der Waals surface area contributed by atoms with Crippen LogP contribution < -0.4 is 15.4 Å². The molecule has 0 unspecified atom stereocenters. The molecule has 1 aliphatic rings. The SMILES string of the molecule is O=C1COc2ccc(CCNCCS)cc2N1. The van der Waals surface area contributed by atoms with Gasteiger partial charge in [-0.15, -0.1) is 0 Å². The number of thiol groups is 1. The van der Waals surface area contributed by atoms with E-state index in [-0.39, 0.29) is 12.5 Å². The molecule has 0 aliphatic carbocycles. The van der Waals surface area contributed by atoms with Crippen LogP contribution in [0, 0.1) is 0 Å². The first-order chi connectivity index (χ1) is 8.29. The number of ether oxygens (including phenoxy) is 1. The fourth-order valence-electron chi connectivity index (χ4n) is 1.72. The minimum absolute atomic E-state index is 0.0946. The molecule has 5 heteroatoms. The lowest BCUT2D eigenvalue weighted by Crippen LogP contribution is -2.25. The quantitative estimate of drug-likeness (QED) is 0.543. The monoisotopic (exact) mass is 252 g/mol. The van der Waals surface area contributed by atoms with Gasteiger partial charge in [0.15, 0.2) is 6.61 Å². The Labute approximate surface area is 106 Å². The van der Waals surface area contributed by atoms with Gasteiger partial charge in [-0.25, -0.2) is 0 Å². The van der Waals surface area contributed by atoms with Crippen LogP contribution in [-0.2, 0) is 11.2 Å². The molecular formula is C12H16N2O2S. The Morgan fingerprint density at radius 2 is 2.29 bits per heavy atom. The Kier molecular flexibility index (Phi) is 4.28. The molecule has 2 rings (SSSR count). The lowest BCUT2D eigenvalue weighted by Gasteiger charge is -2.18. The molecule has 0 radical (unpaired) electrons. The zero-order valence-corrected chi connectivity index (χ0v) is 10.4. The van der Waals surface area contributed by atoms with E-state index in [4.69, 9.17) is 4.74 Å². The Morgan fingerprint density at radius 3 is 3.12 bits per heavy atom. The lowest BCUT2D eigenvalue weighted by molar-refractivity contribution is -0.118. The smallest absolute Gasteiger partial charge is 0.262 e. The summed E-state index contributed by atoms with van der Waals surface area (Å²) in [6.45, 7) is 1.93. The Morgan fingerprint density at radius 1 is 1.41 bits per heavy atom. The van der Waals surface area contributed by atoms with Gasteiger partial charge in [0.2, 0.25) is 0 Å². The largest absolute Gasteiger partial charge is 0.482 e. The molecule has 92 valence electrons. The number of amides is 1. The summed E-state index contributed by atoms with van der Waals surface area (Å²) in [5, 5.41) is 6.08. The molecule has 17 heavy (non-hydrogen) atoms. The van der Waals surface area contributed by atoms with Crippen molar-refractivity contribution in [2.24, 2.45) is 0 Å². The van der Waals surface area contributed by atoms with E-state index in [1.807, 2.05) is 18.2 Å². The van der Waals surface area contributed by atoms with Gasteiger partial charge >= 0.3 is 0 Å². The molecular weight excluding hydrogens is 236 g/mol. The first-order valence-electron chi connectivity index (χ1n) is 5.67. The van der Waals surface area contributed by atoms with Crippen molar-refractivity contribution in [3.8, 4) is 5.75 Å². The van der Waals surface area contributed by atoms with Crippen molar-refractivity contribution in [2.45, 2.75) is 6.42 Å². The van der Waals surface area contributed by atoms with Gasteiger partial charge in [0.05, 0.1) is 5.69 Å². The number of hydrogen-bond acceptors (Lipinski definition) is 4. The molecule has 0 spiro atoms. The molecule has 0 saturated carbocycles. The van der Waals surface area contributed by atoms with Gasteiger partial charge in [0, 0.05) is 12.3 Å². The summed E-state index contributed by atoms with van der Waals surface area (Å²) in [4.78, 5) is 11.2. The predicted octanol–water partition coefficient (Wildman–Crippen LogP) is 1.08. The average molecular weight is 252 g/mol. The van der Waals surface area contributed by atoms with E-state index in [1.165, 1.54) is 5.56 Å². The van der Waals surface area contributed by atoms with E-state index in [0.717, 1.165) is 36.7 Å². The van der Waals surface area contributed by atoms with E-state index in [0.29, 0.717) is 0 Å². The number of rotatable bonds is 5. The van der Waals surface area contributed by atoms with Gasteiger partial charge in [-0.3, -0.25) is 4.79 Å². The molecule has 1 aromatic rings. The summed E-state index contributed by atoms with van der Waals surface area (Å²) < 4.78 is 5.30. The second kappa shape index (κ2) is 5.93. The summed E-state index contributed by atoms with van der Waals surface area (Å²) in [7, 11) is 0. The topological polar surface area (TPSA) is 50.4 Å². The maximum Gasteiger partial charge on any atom is 0.262 e. The van der Waals surface area contributed by atoms with Gasteiger partial charge in [-0.05, 0) is 30.7 Å². The first-order valence-corrected chi connectivity index (χ1v) is 6.30. The normalized spacial score (nSPS) is 13.8. The highest BCUT2D eigenvalue weighted by molar-refractivity contribution is 7.80. The van der Waals surface area contributed by atoms with Crippen molar-refractivity contribution >= 4 is 24.2 Å². The van der Waals surface area contributed by atoms with Crippen LogP contribution in [0.3, 0.4) is 0 Å². The fourth-order valence-corrected chi connectivity index (χ4v) is 1.88. The molecule has 4 nitrogen and oxygen atoms in total. The Bertz CT molecular complexity index is 409. The van der Waals surface area contributed by atoms with Crippen LogP contribution in [0.15, 0.2) is 18.2 Å². The van der Waals surface area contributed by atoms with Crippen molar-refractivity contribution in [1.29, 1.82) is 0 Å². The number of fused-ring (bicyclic) bond motifs is 1. The summed E-state index contributed by atoms with van der Waals surface area (Å²) >= 11 is 4.13. The summed E-state index contributed by atoms with van der Waals surface area (Å²) in [5.74, 6) is 1.49. The van der Waals surface area contributed by atoms with Crippen LogP contribution in [0.25, 0.3) is 0 Å². The van der Waals surface area contributed by atoms with Crippen molar-refractivity contribution in [2.75, 3.05) is 30.8 Å². The van der Waals surface area contributed by atoms with Gasteiger partial charge in [-0.1, -0.05) is 6.07 Å². The maximum absolute atomic E-state index is 11.2. The number of benzene rings is 1. The Balaban J connectivity index is 1.95. The molecule has 0 fully saturated rings. The highest BCUT2D eigenvalue weighted by atomic mass is 32.1. The average Bonchev–Trinajstić information content (AvgIpc) is 2.34. The summed E-state index contributed by atoms with van der Waals surface area (Å²) in [5.41, 5.74) is 1.95. The highest BCUT2D eigenvalue weighted by Crippen LogP contribution is 2.28. The van der Waals surface area contributed by atoms with Crippen LogP contribution in [0.4, 0.5) is 5.69 Å². The van der Waals surface area contributed by atoms with Crippen LogP contribution in [0.5, 0.6) is 5.75 Å². The van der Waals surface area contributed by atoms with Crippen molar-refractivity contribution in [1.82, 2.24) is 5.32 Å². The van der Waals surface area contributed by atoms with E-state index in [2.05, 4.69) is 23.3 Å². The van der Waals surface area contributed by atoms with Crippen LogP contribution in [-0.4, -0.2) is 31.4 Å². The number of carbonyl (C=O) groups excluding carboxylic acids is 1. The number of anilines is 1. The molecule has 0 bridgehead atoms. The lowest BCUT2D eigenvalue weighted by atomic mass is 10.1. The minimum atomic E-state index is -0.0946. The second-order valence-electron chi connectivity index (χ2n) is 3.89. The number of carbonyl (C=O) groups is 1. The third kappa shape index (κ3) is 3.38. The number of nitrogens with one attached hydrogen (secondary N) is 2. The zero-order valence-electron chi connectivity index (χ0n) is 9.53. The van der Waals surface area contributed by atoms with Crippen molar-refractivity contribution < 1.29 is 9.53 Å². The molecule has 1 aliphatic heterocycles. The molecule has 0 atom stereocenters. The third-order valence-corrected chi connectivity index (χ3v) is 2.78. The van der Waals surface area contributed by atoms with Crippen molar-refractivity contribution in [3.05, 3.63) is 23.8 Å². The Hall–Kier alpha value is -1.20. The van der Waals surface area contributed by atoms with Gasteiger partial charge < -0.3 is 15.4 Å². The molecule has 1 heterocycles. The van der Waals surface area contributed by atoms with Gasteiger partial charge in [-0.2, -0.15) is 12.6 Å². The van der Waals surface area contributed by atoms with Crippen molar-refractivity contribution in [3.63, 3.8) is 0 Å². The van der Waals surface area contributed by atoms with Crippen LogP contribution >= 0.6 is 12.6 Å². The minimum Gasteiger partial charge on any atom is -0.482 e. The van der Waals surface area contributed by atoms with Crippen LogP contribution in [0.1, 0.15) is 5.56 Å². The van der Waals surface area contributed by atoms with Crippen LogP contribution in [0.2, 0.25) is 0 Å². The first kappa shape index (κ1) is 12.3. The van der Waals surface area contributed by atoms with E-state index >= 15 is 0 Å². The maximum atomic E-state index is 11.2. The highest BCUT2D eigenvalue weighted by Gasteiger charge is 2.15. The third-order valence-electron chi connectivity index (χ3n) is 2.56. The van der Waals surface area contributed by atoms with Gasteiger partial charge in [0.1, 0.15) is 5.75 Å². The summed E-state index contributed by atoms with van der Waals surface area (Å²) in [6, 6.07) is 5.90. The molecule has 2 N–H and O–H groups in total. The van der Waals surface area contributed by atoms with Gasteiger partial charge in [0.25, 0.3) is 5.91 Å². The zero-order chi connectivity index (χ0) is 12.1. The standard InChI is InChI=1S/C12H16N2O2S/c15-12-8-16-11-2-1-9(7-10(11)14-12)3-4-13-5-6-17/h1-2,7,13,17H,3-6,8H2,(H,14,15). The predicted molar refractivity (Wildman–Crippen MR) is 71.0 cm³/mol. The van der Waals surface area contributed by atoms with E-state index < -0.39 is 0 Å². The fraction of sp³-hybridized carbons (Fsp3) is 0.417. The van der Waals surface area contributed by atoms with E-state index in [9.17, 15) is 4.79 Å².